The van der Waals surface area contributed by atoms with Crippen molar-refractivity contribution in [3.63, 3.8) is 0 Å². The Bertz CT molecular complexity index is 641. The van der Waals surface area contributed by atoms with Crippen molar-refractivity contribution in [2.24, 2.45) is 0 Å². The van der Waals surface area contributed by atoms with E-state index in [2.05, 4.69) is 11.2 Å². The van der Waals surface area contributed by atoms with E-state index >= 15 is 0 Å². The second-order valence-electron chi connectivity index (χ2n) is 4.12. The smallest absolute Gasteiger partial charge is 0.228 e. The van der Waals surface area contributed by atoms with Gasteiger partial charge >= 0.3 is 0 Å². The highest BCUT2D eigenvalue weighted by molar-refractivity contribution is 5.92. The number of nitrogens with one attached hydrogen (secondary N) is 1. The molecule has 0 aliphatic heterocycles. The molecule has 19 heavy (non-hydrogen) atoms. The number of carbonyl (C=O) groups is 1. The standard InChI is InChI=1S/C16H13NO2/c1-2-12-5-3-7-14(9-12)17-16(19)11-13-6-4-8-15(18)10-13/h1,3-10,18H,11H2,(H,17,19). The number of hydrogen-bond donors (Lipinski definition) is 2. The van der Waals surface area contributed by atoms with Crippen LogP contribution in [0.5, 0.6) is 5.75 Å². The van der Waals surface area contributed by atoms with E-state index in [1.54, 1.807) is 48.5 Å². The number of aromatic hydroxyl groups is 1. The number of terminal acetylenes is 1. The van der Waals surface area contributed by atoms with Gasteiger partial charge in [0, 0.05) is 11.3 Å². The van der Waals surface area contributed by atoms with Crippen molar-refractivity contribution in [3.05, 3.63) is 59.7 Å². The summed E-state index contributed by atoms with van der Waals surface area (Å²) in [5.74, 6) is 2.51. The molecule has 94 valence electrons. The molecule has 0 spiro atoms. The highest BCUT2D eigenvalue weighted by Gasteiger charge is 2.05. The fourth-order valence-corrected chi connectivity index (χ4v) is 1.74. The number of phenols is 1. The monoisotopic (exact) mass is 251 g/mol. The summed E-state index contributed by atoms with van der Waals surface area (Å²) >= 11 is 0. The number of benzene rings is 2. The summed E-state index contributed by atoms with van der Waals surface area (Å²) in [4.78, 5) is 11.8. The molecule has 2 rings (SSSR count). The number of amides is 1. The number of phenolic OH excluding ortho intramolecular Hbond substituents is 1. The Kier molecular flexibility index (Phi) is 3.84. The van der Waals surface area contributed by atoms with Crippen molar-refractivity contribution < 1.29 is 9.90 Å². The van der Waals surface area contributed by atoms with Gasteiger partial charge in [-0.3, -0.25) is 4.79 Å². The van der Waals surface area contributed by atoms with Gasteiger partial charge in [-0.1, -0.05) is 24.1 Å². The van der Waals surface area contributed by atoms with Gasteiger partial charge in [0.15, 0.2) is 0 Å². The van der Waals surface area contributed by atoms with Crippen LogP contribution in [-0.4, -0.2) is 11.0 Å². The number of carbonyl (C=O) groups excluding carboxylic acids is 1. The lowest BCUT2D eigenvalue weighted by Gasteiger charge is -2.06. The van der Waals surface area contributed by atoms with Gasteiger partial charge in [-0.25, -0.2) is 0 Å². The summed E-state index contributed by atoms with van der Waals surface area (Å²) in [6, 6.07) is 13.7. The summed E-state index contributed by atoms with van der Waals surface area (Å²) in [5.41, 5.74) is 2.14. The Morgan fingerprint density at radius 1 is 1.21 bits per heavy atom. The second kappa shape index (κ2) is 5.74. The third-order valence-electron chi connectivity index (χ3n) is 2.59. The number of rotatable bonds is 3. The van der Waals surface area contributed by atoms with Crippen LogP contribution in [0, 0.1) is 12.3 Å². The predicted molar refractivity (Wildman–Crippen MR) is 74.8 cm³/mol. The molecule has 0 saturated carbocycles. The molecule has 0 atom stereocenters. The van der Waals surface area contributed by atoms with Crippen LogP contribution in [0.25, 0.3) is 0 Å². The van der Waals surface area contributed by atoms with Crippen LogP contribution in [0.2, 0.25) is 0 Å². The molecular weight excluding hydrogens is 238 g/mol. The molecule has 0 aliphatic carbocycles. The molecule has 0 fully saturated rings. The van der Waals surface area contributed by atoms with Crippen LogP contribution >= 0.6 is 0 Å². The number of anilines is 1. The third-order valence-corrected chi connectivity index (χ3v) is 2.59. The fourth-order valence-electron chi connectivity index (χ4n) is 1.74. The minimum Gasteiger partial charge on any atom is -0.508 e. The minimum absolute atomic E-state index is 0.152. The maximum atomic E-state index is 11.8. The highest BCUT2D eigenvalue weighted by Crippen LogP contribution is 2.13. The van der Waals surface area contributed by atoms with Gasteiger partial charge in [-0.05, 0) is 35.9 Å². The Hall–Kier alpha value is -2.73. The van der Waals surface area contributed by atoms with Crippen LogP contribution in [0.3, 0.4) is 0 Å². The van der Waals surface area contributed by atoms with Crippen molar-refractivity contribution in [2.45, 2.75) is 6.42 Å². The van der Waals surface area contributed by atoms with Crippen molar-refractivity contribution >= 4 is 11.6 Å². The molecule has 0 radical (unpaired) electrons. The third kappa shape index (κ3) is 3.62. The number of hydrogen-bond acceptors (Lipinski definition) is 2. The molecule has 3 nitrogen and oxygen atoms in total. The Morgan fingerprint density at radius 3 is 2.74 bits per heavy atom. The van der Waals surface area contributed by atoms with Crippen LogP contribution in [-0.2, 0) is 11.2 Å². The van der Waals surface area contributed by atoms with E-state index in [-0.39, 0.29) is 18.1 Å². The first-order valence-electron chi connectivity index (χ1n) is 5.82. The van der Waals surface area contributed by atoms with E-state index in [1.165, 1.54) is 0 Å². The summed E-state index contributed by atoms with van der Waals surface area (Å²) in [7, 11) is 0. The van der Waals surface area contributed by atoms with Crippen molar-refractivity contribution in [2.75, 3.05) is 5.32 Å². The first-order chi connectivity index (χ1) is 9.17. The zero-order valence-corrected chi connectivity index (χ0v) is 10.3. The van der Waals surface area contributed by atoms with Crippen LogP contribution in [0.1, 0.15) is 11.1 Å². The molecule has 1 amide bonds. The molecule has 0 unspecified atom stereocenters. The lowest BCUT2D eigenvalue weighted by molar-refractivity contribution is -0.115. The van der Waals surface area contributed by atoms with E-state index in [9.17, 15) is 9.90 Å². The van der Waals surface area contributed by atoms with Gasteiger partial charge in [0.2, 0.25) is 5.91 Å². The van der Waals surface area contributed by atoms with Gasteiger partial charge in [0.05, 0.1) is 6.42 Å². The first-order valence-corrected chi connectivity index (χ1v) is 5.82. The summed E-state index contributed by atoms with van der Waals surface area (Å²) in [6.45, 7) is 0. The van der Waals surface area contributed by atoms with Crippen LogP contribution in [0.15, 0.2) is 48.5 Å². The van der Waals surface area contributed by atoms with Crippen molar-refractivity contribution in [3.8, 4) is 18.1 Å². The van der Waals surface area contributed by atoms with Crippen LogP contribution < -0.4 is 5.32 Å². The normalized spacial score (nSPS) is 9.63. The zero-order chi connectivity index (χ0) is 13.7. The quantitative estimate of drug-likeness (QED) is 0.824. The molecular formula is C16H13NO2. The van der Waals surface area contributed by atoms with Gasteiger partial charge in [0.1, 0.15) is 5.75 Å². The van der Waals surface area contributed by atoms with Gasteiger partial charge < -0.3 is 10.4 Å². The van der Waals surface area contributed by atoms with E-state index in [0.717, 1.165) is 11.1 Å². The Morgan fingerprint density at radius 2 is 2.00 bits per heavy atom. The lowest BCUT2D eigenvalue weighted by atomic mass is 10.1. The Labute approximate surface area is 111 Å². The summed E-state index contributed by atoms with van der Waals surface area (Å²) in [5, 5.41) is 12.1. The average Bonchev–Trinajstić information content (AvgIpc) is 2.38. The SMILES string of the molecule is C#Cc1cccc(NC(=O)Cc2cccc(O)c2)c1. The molecule has 0 heterocycles. The predicted octanol–water partition coefficient (Wildman–Crippen LogP) is 2.55. The fraction of sp³-hybridized carbons (Fsp3) is 0.0625. The second-order valence-corrected chi connectivity index (χ2v) is 4.12. The highest BCUT2D eigenvalue weighted by atomic mass is 16.3. The molecule has 2 aromatic carbocycles. The average molecular weight is 251 g/mol. The summed E-state index contributed by atoms with van der Waals surface area (Å²) in [6.07, 6.45) is 5.50. The van der Waals surface area contributed by atoms with Gasteiger partial charge in [-0.2, -0.15) is 0 Å². The van der Waals surface area contributed by atoms with Crippen molar-refractivity contribution in [1.82, 2.24) is 0 Å². The molecule has 0 saturated heterocycles. The largest absolute Gasteiger partial charge is 0.508 e. The maximum absolute atomic E-state index is 11.8. The van der Waals surface area contributed by atoms with Crippen molar-refractivity contribution in [1.29, 1.82) is 0 Å². The minimum atomic E-state index is -0.153. The molecule has 0 aromatic heterocycles. The maximum Gasteiger partial charge on any atom is 0.228 e. The molecule has 0 aliphatic rings. The lowest BCUT2D eigenvalue weighted by Crippen LogP contribution is -2.14. The van der Waals surface area contributed by atoms with E-state index in [4.69, 9.17) is 6.42 Å². The molecule has 3 heteroatoms. The van der Waals surface area contributed by atoms with E-state index in [0.29, 0.717) is 5.69 Å². The van der Waals surface area contributed by atoms with E-state index < -0.39 is 0 Å². The molecule has 2 aromatic rings. The first kappa shape index (κ1) is 12.7. The summed E-state index contributed by atoms with van der Waals surface area (Å²) < 4.78 is 0. The zero-order valence-electron chi connectivity index (χ0n) is 10.3. The molecule has 2 N–H and O–H groups in total. The van der Waals surface area contributed by atoms with Gasteiger partial charge in [0.25, 0.3) is 0 Å². The van der Waals surface area contributed by atoms with Crippen LogP contribution in [0.4, 0.5) is 5.69 Å². The molecule has 0 bridgehead atoms. The van der Waals surface area contributed by atoms with E-state index in [1.807, 2.05) is 0 Å². The Balaban J connectivity index is 2.03. The topological polar surface area (TPSA) is 49.3 Å². The van der Waals surface area contributed by atoms with Gasteiger partial charge in [-0.15, -0.1) is 6.42 Å².